The number of allylic oxidation sites excluding steroid dienone is 2. The molecule has 0 unspecified atom stereocenters. The molecule has 0 spiro atoms. The molecule has 43 heavy (non-hydrogen) atoms. The summed E-state index contributed by atoms with van der Waals surface area (Å²) in [6, 6.07) is 3.87. The molecule has 220 valence electrons. The van der Waals surface area contributed by atoms with E-state index in [1.165, 1.54) is 43.3 Å². The number of epoxide rings is 1. The molecule has 6 atom stereocenters. The van der Waals surface area contributed by atoms with Crippen molar-refractivity contribution in [3.05, 3.63) is 64.2 Å². The number of amides is 1. The first-order valence-corrected chi connectivity index (χ1v) is 14.0. The van der Waals surface area contributed by atoms with Crippen LogP contribution in [0.5, 0.6) is 5.75 Å². The lowest BCUT2D eigenvalue weighted by Gasteiger charge is -2.37. The number of phenolic OH excluding ortho intramolecular Hbond substituents is 1. The number of nitrogens with one attached hydrogen (secondary N) is 2. The summed E-state index contributed by atoms with van der Waals surface area (Å²) in [5.74, 6) is 9.05. The van der Waals surface area contributed by atoms with Gasteiger partial charge in [0.2, 0.25) is 5.91 Å². The zero-order valence-corrected chi connectivity index (χ0v) is 23.2. The minimum atomic E-state index is -1.65. The van der Waals surface area contributed by atoms with Crippen molar-refractivity contribution in [2.45, 2.75) is 61.7 Å². The van der Waals surface area contributed by atoms with Crippen LogP contribution in [0.3, 0.4) is 0 Å². The van der Waals surface area contributed by atoms with E-state index >= 15 is 0 Å². The first kappa shape index (κ1) is 28.6. The lowest BCUT2D eigenvalue weighted by Crippen LogP contribution is -2.54. The summed E-state index contributed by atoms with van der Waals surface area (Å²) in [6.07, 6.45) is 2.21. The van der Waals surface area contributed by atoms with Gasteiger partial charge in [0.15, 0.2) is 28.9 Å². The summed E-state index contributed by atoms with van der Waals surface area (Å²) >= 11 is 0. The molecule has 0 radical (unpaired) electrons. The molecule has 9 N–H and O–H groups in total. The van der Waals surface area contributed by atoms with E-state index in [1.807, 2.05) is 0 Å². The quantitative estimate of drug-likeness (QED) is 0.0897. The summed E-state index contributed by atoms with van der Waals surface area (Å²) in [5.41, 5.74) is 8.68. The predicted molar refractivity (Wildman–Crippen MR) is 156 cm³/mol. The van der Waals surface area contributed by atoms with Crippen LogP contribution in [0.25, 0.3) is 0 Å². The molecule has 11 nitrogen and oxygen atoms in total. The van der Waals surface area contributed by atoms with E-state index in [-0.39, 0.29) is 39.2 Å². The number of carbonyl (C=O) groups excluding carboxylic acids is 3. The Kier molecular flexibility index (Phi) is 6.89. The Morgan fingerprint density at radius 1 is 1.12 bits per heavy atom. The van der Waals surface area contributed by atoms with E-state index in [9.17, 15) is 29.7 Å². The van der Waals surface area contributed by atoms with Crippen LogP contribution in [0.2, 0.25) is 0 Å². The Morgan fingerprint density at radius 2 is 1.84 bits per heavy atom. The number of ether oxygens (including phenoxy) is 1. The highest BCUT2D eigenvalue weighted by Crippen LogP contribution is 2.67. The summed E-state index contributed by atoms with van der Waals surface area (Å²) in [4.78, 5) is 40.5. The monoisotopic (exact) mass is 582 g/mol. The van der Waals surface area contributed by atoms with Gasteiger partial charge in [-0.05, 0) is 62.7 Å². The number of anilines is 2. The van der Waals surface area contributed by atoms with E-state index < -0.39 is 58.7 Å². The third-order valence-electron chi connectivity index (χ3n) is 8.53. The highest BCUT2D eigenvalue weighted by Gasteiger charge is 2.82. The van der Waals surface area contributed by atoms with Crippen LogP contribution in [-0.4, -0.2) is 69.2 Å². The Morgan fingerprint density at radius 3 is 2.56 bits per heavy atom. The number of aromatic hydroxyl groups is 1. The molecule has 2 aromatic rings. The van der Waals surface area contributed by atoms with E-state index in [4.69, 9.17) is 16.2 Å². The van der Waals surface area contributed by atoms with Gasteiger partial charge in [0.05, 0.1) is 29.0 Å². The van der Waals surface area contributed by atoms with Gasteiger partial charge >= 0.3 is 0 Å². The van der Waals surface area contributed by atoms with Gasteiger partial charge in [-0.15, -0.1) is 0 Å². The Labute approximate surface area is 247 Å². The topological polar surface area (TPSA) is 201 Å². The van der Waals surface area contributed by atoms with Crippen molar-refractivity contribution in [3.8, 4) is 29.4 Å². The zero-order chi connectivity index (χ0) is 30.7. The van der Waals surface area contributed by atoms with E-state index in [0.29, 0.717) is 19.4 Å². The van der Waals surface area contributed by atoms with Crippen molar-refractivity contribution < 1.29 is 34.4 Å². The van der Waals surface area contributed by atoms with E-state index in [2.05, 4.69) is 34.3 Å². The fourth-order valence-electron chi connectivity index (χ4n) is 6.39. The second-order valence-corrected chi connectivity index (χ2v) is 11.1. The minimum absolute atomic E-state index is 0.00411. The van der Waals surface area contributed by atoms with Crippen molar-refractivity contribution in [2.24, 2.45) is 11.5 Å². The summed E-state index contributed by atoms with van der Waals surface area (Å²) in [5, 5.41) is 39.2. The Balaban J connectivity index is 1.43. The van der Waals surface area contributed by atoms with E-state index in [1.54, 1.807) is 0 Å². The van der Waals surface area contributed by atoms with Gasteiger partial charge in [-0.1, -0.05) is 30.1 Å². The first-order chi connectivity index (χ1) is 20.6. The molecule has 0 saturated carbocycles. The van der Waals surface area contributed by atoms with Crippen molar-refractivity contribution in [3.63, 3.8) is 0 Å². The number of aliphatic hydroxyl groups excluding tert-OH is 2. The molecule has 2 aliphatic heterocycles. The molecular formula is C32H30N4O7. The van der Waals surface area contributed by atoms with Crippen LogP contribution >= 0.6 is 0 Å². The number of rotatable bonds is 7. The lowest BCUT2D eigenvalue weighted by atomic mass is 9.69. The SMILES string of the molecule is C[C@@H](O)[C@@]12O[C@]13c1cc(O)c4c(c1N[C@H]2C#C/C=C\C#C[C@H]3O)C(=O)c1ccc(NC(=O)[C@@H](N)CCCCN)cc1C4=O. The Hall–Kier alpha value is -4.49. The molecule has 2 bridgehead atoms. The molecule has 1 amide bonds. The summed E-state index contributed by atoms with van der Waals surface area (Å²) in [7, 11) is 0. The van der Waals surface area contributed by atoms with Crippen molar-refractivity contribution in [1.29, 1.82) is 0 Å². The summed E-state index contributed by atoms with van der Waals surface area (Å²) in [6.45, 7) is 2.00. The number of carbonyl (C=O) groups is 3. The third kappa shape index (κ3) is 4.09. The van der Waals surface area contributed by atoms with Gasteiger partial charge in [-0.3, -0.25) is 14.4 Å². The molecule has 1 saturated heterocycles. The fraction of sp³-hybridized carbons (Fsp3) is 0.344. The number of phenols is 1. The minimum Gasteiger partial charge on any atom is -0.507 e. The second-order valence-electron chi connectivity index (χ2n) is 11.1. The number of aliphatic hydroxyl groups is 2. The summed E-state index contributed by atoms with van der Waals surface area (Å²) < 4.78 is 6.17. The van der Waals surface area contributed by atoms with Gasteiger partial charge in [-0.2, -0.15) is 0 Å². The number of ketones is 2. The number of fused-ring (bicyclic) bond motifs is 4. The molecule has 0 aromatic heterocycles. The van der Waals surface area contributed by atoms with Crippen molar-refractivity contribution in [1.82, 2.24) is 0 Å². The average molecular weight is 583 g/mol. The Bertz CT molecular complexity index is 1740. The number of unbranched alkanes of at least 4 members (excludes halogenated alkanes) is 1. The van der Waals surface area contributed by atoms with Crippen LogP contribution < -0.4 is 22.1 Å². The van der Waals surface area contributed by atoms with Gasteiger partial charge in [0.1, 0.15) is 11.8 Å². The van der Waals surface area contributed by atoms with Gasteiger partial charge < -0.3 is 42.2 Å². The number of nitrogens with two attached hydrogens (primary N) is 2. The molecule has 2 aliphatic carbocycles. The maximum absolute atomic E-state index is 14.0. The molecule has 2 aromatic carbocycles. The molecule has 6 rings (SSSR count). The number of hydrogen-bond donors (Lipinski definition) is 7. The number of benzene rings is 2. The molecule has 4 aliphatic rings. The van der Waals surface area contributed by atoms with Crippen LogP contribution in [-0.2, 0) is 15.1 Å². The standard InChI is InChI=1S/C32H30N4O7/c1-16(37)31-23-9-4-2-3-5-10-24(39)32(31,43-31)20-15-22(38)25-26(27(20)36-23)28(40)18-12-11-17(14-19(18)29(25)41)35-30(42)21(34)8-6-7-13-33/h2-3,11-12,14-16,21,23-24,36-39H,6-8,13,33-34H2,1H3,(H,35,42)/b3-2-/t16-,21+,23+,24-,31+,32+/m1/s1. The normalized spacial score (nSPS) is 27.7. The van der Waals surface area contributed by atoms with Gasteiger partial charge in [-0.25, -0.2) is 0 Å². The lowest BCUT2D eigenvalue weighted by molar-refractivity contribution is -0.117. The average Bonchev–Trinajstić information content (AvgIpc) is 3.71. The third-order valence-corrected chi connectivity index (χ3v) is 8.53. The van der Waals surface area contributed by atoms with Gasteiger partial charge in [0.25, 0.3) is 0 Å². The highest BCUT2D eigenvalue weighted by atomic mass is 16.7. The van der Waals surface area contributed by atoms with Crippen molar-refractivity contribution in [2.75, 3.05) is 17.2 Å². The predicted octanol–water partition coefficient (Wildman–Crippen LogP) is 0.639. The first-order valence-electron chi connectivity index (χ1n) is 14.0. The number of hydrogen-bond acceptors (Lipinski definition) is 10. The van der Waals surface area contributed by atoms with Gasteiger partial charge in [0, 0.05) is 22.4 Å². The van der Waals surface area contributed by atoms with Crippen LogP contribution in [0.4, 0.5) is 11.4 Å². The maximum atomic E-state index is 14.0. The smallest absolute Gasteiger partial charge is 0.241 e. The van der Waals surface area contributed by atoms with Crippen LogP contribution in [0, 0.1) is 23.7 Å². The molecular weight excluding hydrogens is 552 g/mol. The van der Waals surface area contributed by atoms with Crippen LogP contribution in [0.15, 0.2) is 36.4 Å². The fourth-order valence-corrected chi connectivity index (χ4v) is 6.39. The molecule has 1 fully saturated rings. The largest absolute Gasteiger partial charge is 0.507 e. The van der Waals surface area contributed by atoms with Crippen LogP contribution in [0.1, 0.15) is 63.6 Å². The second kappa shape index (κ2) is 10.3. The molecule has 11 heteroatoms. The van der Waals surface area contributed by atoms with Crippen molar-refractivity contribution >= 4 is 28.8 Å². The zero-order valence-electron chi connectivity index (χ0n) is 23.2. The highest BCUT2D eigenvalue weighted by molar-refractivity contribution is 6.31. The maximum Gasteiger partial charge on any atom is 0.241 e. The molecule has 2 heterocycles. The van der Waals surface area contributed by atoms with E-state index in [0.717, 1.165) is 6.42 Å².